The number of hydrogen-bond donors (Lipinski definition) is 3. The fourth-order valence-corrected chi connectivity index (χ4v) is 2.28. The predicted octanol–water partition coefficient (Wildman–Crippen LogP) is 0.0840. The number of para-hydroxylation sites is 2. The third kappa shape index (κ3) is 2.61. The number of carbonyl (C=O) groups is 1. The molecule has 0 saturated carbocycles. The lowest BCUT2D eigenvalue weighted by molar-refractivity contribution is 0.0560. The predicted molar refractivity (Wildman–Crippen MR) is 74.3 cm³/mol. The minimum absolute atomic E-state index is 0.216. The Morgan fingerprint density at radius 2 is 2.20 bits per heavy atom. The molecule has 104 valence electrons. The summed E-state index contributed by atoms with van der Waals surface area (Å²) in [5, 5.41) is 15.9. The van der Waals surface area contributed by atoms with Crippen LogP contribution in [0.1, 0.15) is 16.9 Å². The summed E-state index contributed by atoms with van der Waals surface area (Å²) in [6.45, 7) is 1.48. The van der Waals surface area contributed by atoms with Gasteiger partial charge in [-0.3, -0.25) is 9.78 Å². The zero-order chi connectivity index (χ0) is 14.0. The van der Waals surface area contributed by atoms with Crippen molar-refractivity contribution in [1.82, 2.24) is 20.6 Å². The second-order valence-corrected chi connectivity index (χ2v) is 5.08. The lowest BCUT2D eigenvalue weighted by atomic mass is 10.0. The fourth-order valence-electron chi connectivity index (χ4n) is 2.28. The van der Waals surface area contributed by atoms with Gasteiger partial charge in [0.05, 0.1) is 22.8 Å². The van der Waals surface area contributed by atoms with Crippen molar-refractivity contribution in [3.05, 3.63) is 36.2 Å². The van der Waals surface area contributed by atoms with E-state index >= 15 is 0 Å². The first kappa shape index (κ1) is 13.0. The Hall–Kier alpha value is -2.05. The molecule has 20 heavy (non-hydrogen) atoms. The number of hydrogen-bond acceptors (Lipinski definition) is 5. The van der Waals surface area contributed by atoms with Gasteiger partial charge in [-0.05, 0) is 25.1 Å². The summed E-state index contributed by atoms with van der Waals surface area (Å²) in [5.74, 6) is -0.316. The van der Waals surface area contributed by atoms with Crippen molar-refractivity contribution in [3.8, 4) is 0 Å². The van der Waals surface area contributed by atoms with Gasteiger partial charge in [-0.15, -0.1) is 0 Å². The molecule has 1 aliphatic heterocycles. The molecule has 0 spiro atoms. The molecule has 1 saturated heterocycles. The lowest BCUT2D eigenvalue weighted by Crippen LogP contribution is -2.44. The monoisotopic (exact) mass is 272 g/mol. The van der Waals surface area contributed by atoms with E-state index in [0.717, 1.165) is 12.1 Å². The standard InChI is InChI=1S/C14H16N4O2/c19-13(17-9-14(20)5-6-15-8-14)12-7-16-10-3-1-2-4-11(10)18-12/h1-4,7,15,20H,5-6,8-9H2,(H,17,19). The molecular formula is C14H16N4O2. The molecule has 1 atom stereocenters. The highest BCUT2D eigenvalue weighted by atomic mass is 16.3. The molecule has 6 nitrogen and oxygen atoms in total. The first-order valence-corrected chi connectivity index (χ1v) is 6.59. The first-order valence-electron chi connectivity index (χ1n) is 6.59. The number of rotatable bonds is 3. The van der Waals surface area contributed by atoms with Crippen molar-refractivity contribution >= 4 is 16.9 Å². The molecule has 1 aromatic carbocycles. The van der Waals surface area contributed by atoms with Gasteiger partial charge >= 0.3 is 0 Å². The molecule has 0 aliphatic carbocycles. The maximum absolute atomic E-state index is 12.0. The number of β-amino-alcohol motifs (C(OH)–C–C–N with tert-alkyl or cyclic N) is 1. The highest BCUT2D eigenvalue weighted by Crippen LogP contribution is 2.13. The van der Waals surface area contributed by atoms with Crippen LogP contribution < -0.4 is 10.6 Å². The molecule has 3 N–H and O–H groups in total. The SMILES string of the molecule is O=C(NCC1(O)CCNC1)c1cnc2ccccc2n1. The van der Waals surface area contributed by atoms with Crippen molar-refractivity contribution in [2.24, 2.45) is 0 Å². The van der Waals surface area contributed by atoms with Gasteiger partial charge in [0.1, 0.15) is 5.69 Å². The normalized spacial score (nSPS) is 22.1. The topological polar surface area (TPSA) is 87.1 Å². The second kappa shape index (κ2) is 5.15. The van der Waals surface area contributed by atoms with Crippen LogP contribution in [0.2, 0.25) is 0 Å². The van der Waals surface area contributed by atoms with Crippen molar-refractivity contribution in [2.45, 2.75) is 12.0 Å². The van der Waals surface area contributed by atoms with E-state index in [1.54, 1.807) is 0 Å². The summed E-state index contributed by atoms with van der Waals surface area (Å²) in [5.41, 5.74) is 0.835. The van der Waals surface area contributed by atoms with E-state index in [0.29, 0.717) is 18.5 Å². The van der Waals surface area contributed by atoms with Gasteiger partial charge in [0.2, 0.25) is 0 Å². The van der Waals surface area contributed by atoms with Crippen LogP contribution in [0, 0.1) is 0 Å². The third-order valence-corrected chi connectivity index (χ3v) is 3.48. The smallest absolute Gasteiger partial charge is 0.271 e. The summed E-state index contributed by atoms with van der Waals surface area (Å²) >= 11 is 0. The number of aliphatic hydroxyl groups is 1. The maximum Gasteiger partial charge on any atom is 0.271 e. The van der Waals surface area contributed by atoms with Crippen LogP contribution in [0.3, 0.4) is 0 Å². The summed E-state index contributed by atoms with van der Waals surface area (Å²) in [7, 11) is 0. The fraction of sp³-hybridized carbons (Fsp3) is 0.357. The Balaban J connectivity index is 1.72. The van der Waals surface area contributed by atoms with E-state index in [-0.39, 0.29) is 18.1 Å². The molecule has 3 rings (SSSR count). The van der Waals surface area contributed by atoms with Gasteiger partial charge in [0.25, 0.3) is 5.91 Å². The number of nitrogens with one attached hydrogen (secondary N) is 2. The molecule has 2 heterocycles. The van der Waals surface area contributed by atoms with E-state index < -0.39 is 5.60 Å². The number of amides is 1. The third-order valence-electron chi connectivity index (χ3n) is 3.48. The van der Waals surface area contributed by atoms with Gasteiger partial charge < -0.3 is 15.7 Å². The van der Waals surface area contributed by atoms with Crippen molar-refractivity contribution in [2.75, 3.05) is 19.6 Å². The van der Waals surface area contributed by atoms with E-state index in [4.69, 9.17) is 0 Å². The molecule has 0 radical (unpaired) electrons. The van der Waals surface area contributed by atoms with Crippen LogP contribution in [0.25, 0.3) is 11.0 Å². The van der Waals surface area contributed by atoms with E-state index in [9.17, 15) is 9.90 Å². The molecule has 1 amide bonds. The average Bonchev–Trinajstić information content (AvgIpc) is 2.91. The summed E-state index contributed by atoms with van der Waals surface area (Å²) < 4.78 is 0. The second-order valence-electron chi connectivity index (χ2n) is 5.08. The van der Waals surface area contributed by atoms with Crippen LogP contribution in [0.5, 0.6) is 0 Å². The Morgan fingerprint density at radius 3 is 2.95 bits per heavy atom. The Morgan fingerprint density at radius 1 is 1.40 bits per heavy atom. The quantitative estimate of drug-likeness (QED) is 0.737. The minimum Gasteiger partial charge on any atom is -0.387 e. The van der Waals surface area contributed by atoms with Crippen molar-refractivity contribution < 1.29 is 9.90 Å². The maximum atomic E-state index is 12.0. The van der Waals surface area contributed by atoms with Crippen LogP contribution in [-0.2, 0) is 0 Å². The Kier molecular flexibility index (Phi) is 3.33. The van der Waals surface area contributed by atoms with E-state index in [1.165, 1.54) is 6.20 Å². The van der Waals surface area contributed by atoms with Crippen LogP contribution in [-0.4, -0.2) is 46.2 Å². The molecule has 1 unspecified atom stereocenters. The van der Waals surface area contributed by atoms with E-state index in [2.05, 4.69) is 20.6 Å². The van der Waals surface area contributed by atoms with E-state index in [1.807, 2.05) is 24.3 Å². The average molecular weight is 272 g/mol. The summed E-state index contributed by atoms with van der Waals surface area (Å²) in [4.78, 5) is 20.5. The molecule has 6 heteroatoms. The van der Waals surface area contributed by atoms with Crippen LogP contribution in [0.15, 0.2) is 30.5 Å². The number of fused-ring (bicyclic) bond motifs is 1. The van der Waals surface area contributed by atoms with Gasteiger partial charge in [0.15, 0.2) is 0 Å². The van der Waals surface area contributed by atoms with Gasteiger partial charge in [-0.25, -0.2) is 4.98 Å². The summed E-state index contributed by atoms with van der Waals surface area (Å²) in [6, 6.07) is 7.38. The summed E-state index contributed by atoms with van der Waals surface area (Å²) in [6.07, 6.45) is 2.09. The van der Waals surface area contributed by atoms with Gasteiger partial charge in [0, 0.05) is 13.1 Å². The van der Waals surface area contributed by atoms with Crippen molar-refractivity contribution in [3.63, 3.8) is 0 Å². The lowest BCUT2D eigenvalue weighted by Gasteiger charge is -2.21. The molecule has 2 aromatic rings. The minimum atomic E-state index is -0.861. The number of nitrogens with zero attached hydrogens (tertiary/aromatic N) is 2. The zero-order valence-electron chi connectivity index (χ0n) is 11.0. The largest absolute Gasteiger partial charge is 0.387 e. The molecule has 1 fully saturated rings. The molecule has 1 aromatic heterocycles. The zero-order valence-corrected chi connectivity index (χ0v) is 11.0. The molecular weight excluding hydrogens is 256 g/mol. The van der Waals surface area contributed by atoms with Crippen LogP contribution >= 0.6 is 0 Å². The number of benzene rings is 1. The molecule has 0 bridgehead atoms. The Labute approximate surface area is 116 Å². The highest BCUT2D eigenvalue weighted by molar-refractivity contribution is 5.93. The highest BCUT2D eigenvalue weighted by Gasteiger charge is 2.31. The van der Waals surface area contributed by atoms with Crippen molar-refractivity contribution in [1.29, 1.82) is 0 Å². The van der Waals surface area contributed by atoms with Gasteiger partial charge in [-0.2, -0.15) is 0 Å². The van der Waals surface area contributed by atoms with Gasteiger partial charge in [-0.1, -0.05) is 12.1 Å². The van der Waals surface area contributed by atoms with Crippen LogP contribution in [0.4, 0.5) is 0 Å². The number of aromatic nitrogens is 2. The Bertz CT molecular complexity index is 638. The number of carbonyl (C=O) groups excluding carboxylic acids is 1. The molecule has 1 aliphatic rings. The first-order chi connectivity index (χ1) is 9.66.